The Balaban J connectivity index is 1.98. The monoisotopic (exact) mass is 328 g/mol. The fraction of sp³-hybridized carbons (Fsp3) is 0.643. The van der Waals surface area contributed by atoms with Gasteiger partial charge < -0.3 is 20.1 Å². The van der Waals surface area contributed by atoms with E-state index in [0.29, 0.717) is 18.8 Å². The Hall–Kier alpha value is -1.76. The summed E-state index contributed by atoms with van der Waals surface area (Å²) in [6.07, 6.45) is 1.14. The van der Waals surface area contributed by atoms with Crippen LogP contribution in [0.1, 0.15) is 33.6 Å². The smallest absolute Gasteiger partial charge is 0.410 e. The summed E-state index contributed by atoms with van der Waals surface area (Å²) in [5.74, 6) is 0.565. The van der Waals surface area contributed by atoms with E-state index in [9.17, 15) is 4.79 Å². The van der Waals surface area contributed by atoms with Gasteiger partial charge in [0.2, 0.25) is 0 Å². The minimum absolute atomic E-state index is 0.177. The van der Waals surface area contributed by atoms with E-state index in [0.717, 1.165) is 12.8 Å². The fourth-order valence-electron chi connectivity index (χ4n) is 2.16. The van der Waals surface area contributed by atoms with Crippen LogP contribution in [0, 0.1) is 0 Å². The molecule has 1 aliphatic rings. The molecule has 1 amide bonds. The lowest BCUT2D eigenvalue weighted by Crippen LogP contribution is -2.46. The fourth-order valence-corrected chi connectivity index (χ4v) is 2.30. The number of aromatic nitrogens is 2. The molecule has 1 aliphatic heterocycles. The molecule has 1 fully saturated rings. The summed E-state index contributed by atoms with van der Waals surface area (Å²) in [5, 5.41) is 7.57. The van der Waals surface area contributed by atoms with Crippen molar-refractivity contribution in [3.8, 4) is 5.75 Å². The van der Waals surface area contributed by atoms with Crippen LogP contribution in [0.4, 0.5) is 10.6 Å². The van der Waals surface area contributed by atoms with E-state index >= 15 is 0 Å². The van der Waals surface area contributed by atoms with Crippen LogP contribution in [0.15, 0.2) is 6.07 Å². The molecule has 7 nitrogen and oxygen atoms in total. The van der Waals surface area contributed by atoms with Crippen LogP contribution in [-0.4, -0.2) is 46.0 Å². The number of piperidine rings is 1. The van der Waals surface area contributed by atoms with Crippen molar-refractivity contribution in [2.75, 3.05) is 18.8 Å². The molecule has 1 unspecified atom stereocenters. The van der Waals surface area contributed by atoms with E-state index in [2.05, 4.69) is 10.2 Å². The number of nitrogens with zero attached hydrogens (tertiary/aromatic N) is 3. The van der Waals surface area contributed by atoms with Crippen molar-refractivity contribution in [3.05, 3.63) is 11.2 Å². The number of ether oxygens (including phenoxy) is 2. The Bertz CT molecular complexity index is 547. The maximum absolute atomic E-state index is 12.1. The van der Waals surface area contributed by atoms with Gasteiger partial charge in [0.25, 0.3) is 0 Å². The summed E-state index contributed by atoms with van der Waals surface area (Å²) in [5.41, 5.74) is 5.21. The van der Waals surface area contributed by atoms with Crippen molar-refractivity contribution in [1.82, 2.24) is 15.1 Å². The van der Waals surface area contributed by atoms with Gasteiger partial charge in [-0.05, 0) is 33.6 Å². The molecule has 0 aromatic carbocycles. The minimum Gasteiger partial charge on any atom is -0.485 e. The first kappa shape index (κ1) is 16.6. The van der Waals surface area contributed by atoms with Gasteiger partial charge in [-0.1, -0.05) is 11.6 Å². The van der Waals surface area contributed by atoms with Gasteiger partial charge in [0.05, 0.1) is 6.54 Å². The Morgan fingerprint density at radius 1 is 1.45 bits per heavy atom. The molecule has 1 aromatic heterocycles. The third-order valence-electron chi connectivity index (χ3n) is 3.08. The first-order valence-electron chi connectivity index (χ1n) is 7.18. The summed E-state index contributed by atoms with van der Waals surface area (Å²) in [6, 6.07) is 1.52. The lowest BCUT2D eigenvalue weighted by Gasteiger charge is -2.34. The first-order valence-corrected chi connectivity index (χ1v) is 7.55. The summed E-state index contributed by atoms with van der Waals surface area (Å²) in [4.78, 5) is 13.8. The van der Waals surface area contributed by atoms with Crippen molar-refractivity contribution >= 4 is 23.5 Å². The SMILES string of the molecule is CC(C)(C)OC(=O)N1CCCC(Oc2cc(Cl)nnc2N)C1. The Morgan fingerprint density at radius 2 is 2.18 bits per heavy atom. The predicted molar refractivity (Wildman–Crippen MR) is 82.9 cm³/mol. The van der Waals surface area contributed by atoms with E-state index in [1.807, 2.05) is 20.8 Å². The Labute approximate surface area is 134 Å². The molecular formula is C14H21ClN4O3. The molecule has 2 heterocycles. The zero-order chi connectivity index (χ0) is 16.3. The molecule has 122 valence electrons. The van der Waals surface area contributed by atoms with Crippen molar-refractivity contribution in [2.45, 2.75) is 45.3 Å². The number of hydrogen-bond acceptors (Lipinski definition) is 6. The Kier molecular flexibility index (Phi) is 4.95. The minimum atomic E-state index is -0.516. The summed E-state index contributed by atoms with van der Waals surface area (Å²) in [6.45, 7) is 6.62. The van der Waals surface area contributed by atoms with Crippen LogP contribution in [-0.2, 0) is 4.74 Å². The molecule has 22 heavy (non-hydrogen) atoms. The summed E-state index contributed by atoms with van der Waals surface area (Å²) < 4.78 is 11.2. The van der Waals surface area contributed by atoms with Crippen molar-refractivity contribution < 1.29 is 14.3 Å². The highest BCUT2D eigenvalue weighted by Gasteiger charge is 2.29. The van der Waals surface area contributed by atoms with E-state index in [1.54, 1.807) is 4.90 Å². The normalized spacial score (nSPS) is 18.9. The second-order valence-electron chi connectivity index (χ2n) is 6.22. The number of nitrogens with two attached hydrogens (primary N) is 1. The lowest BCUT2D eigenvalue weighted by molar-refractivity contribution is 0.00781. The van der Waals surface area contributed by atoms with Gasteiger partial charge in [0, 0.05) is 12.6 Å². The number of anilines is 1. The molecule has 0 spiro atoms. The molecular weight excluding hydrogens is 308 g/mol. The number of rotatable bonds is 2. The van der Waals surface area contributed by atoms with E-state index in [-0.39, 0.29) is 23.2 Å². The van der Waals surface area contributed by atoms with Crippen LogP contribution in [0.2, 0.25) is 5.15 Å². The van der Waals surface area contributed by atoms with E-state index in [4.69, 9.17) is 26.8 Å². The van der Waals surface area contributed by atoms with Crippen LogP contribution in [0.3, 0.4) is 0 Å². The number of carbonyl (C=O) groups is 1. The zero-order valence-electron chi connectivity index (χ0n) is 13.0. The molecule has 1 atom stereocenters. The second kappa shape index (κ2) is 6.56. The average Bonchev–Trinajstić information content (AvgIpc) is 2.41. The number of amides is 1. The molecule has 1 saturated heterocycles. The highest BCUT2D eigenvalue weighted by Crippen LogP contribution is 2.25. The highest BCUT2D eigenvalue weighted by molar-refractivity contribution is 6.29. The molecule has 2 rings (SSSR count). The van der Waals surface area contributed by atoms with Crippen molar-refractivity contribution in [1.29, 1.82) is 0 Å². The maximum atomic E-state index is 12.1. The largest absolute Gasteiger partial charge is 0.485 e. The predicted octanol–water partition coefficient (Wildman–Crippen LogP) is 2.49. The zero-order valence-corrected chi connectivity index (χ0v) is 13.8. The lowest BCUT2D eigenvalue weighted by atomic mass is 10.1. The number of carbonyl (C=O) groups excluding carboxylic acids is 1. The van der Waals surface area contributed by atoms with Gasteiger partial charge >= 0.3 is 6.09 Å². The number of hydrogen-bond donors (Lipinski definition) is 1. The molecule has 8 heteroatoms. The molecule has 2 N–H and O–H groups in total. The maximum Gasteiger partial charge on any atom is 0.410 e. The molecule has 0 saturated carbocycles. The van der Waals surface area contributed by atoms with Crippen LogP contribution in [0.25, 0.3) is 0 Å². The average molecular weight is 329 g/mol. The number of nitrogen functional groups attached to an aromatic ring is 1. The van der Waals surface area contributed by atoms with E-state index in [1.165, 1.54) is 6.07 Å². The summed E-state index contributed by atoms with van der Waals surface area (Å²) >= 11 is 5.79. The number of halogens is 1. The van der Waals surface area contributed by atoms with Crippen LogP contribution >= 0.6 is 11.6 Å². The van der Waals surface area contributed by atoms with Crippen molar-refractivity contribution in [3.63, 3.8) is 0 Å². The molecule has 0 aliphatic carbocycles. The standard InChI is InChI=1S/C14H21ClN4O3/c1-14(2,3)22-13(20)19-6-4-5-9(8-19)21-10-7-11(15)17-18-12(10)16/h7,9H,4-6,8H2,1-3H3,(H2,16,18). The summed E-state index contributed by atoms with van der Waals surface area (Å²) in [7, 11) is 0. The molecule has 0 radical (unpaired) electrons. The topological polar surface area (TPSA) is 90.6 Å². The van der Waals surface area contributed by atoms with Gasteiger partial charge in [0.15, 0.2) is 16.7 Å². The van der Waals surface area contributed by atoms with Gasteiger partial charge in [-0.25, -0.2) is 4.79 Å². The first-order chi connectivity index (χ1) is 10.2. The third-order valence-corrected chi connectivity index (χ3v) is 3.26. The highest BCUT2D eigenvalue weighted by atomic mass is 35.5. The second-order valence-corrected chi connectivity index (χ2v) is 6.61. The molecule has 0 bridgehead atoms. The van der Waals surface area contributed by atoms with Gasteiger partial charge in [-0.15, -0.1) is 10.2 Å². The van der Waals surface area contributed by atoms with Crippen LogP contribution < -0.4 is 10.5 Å². The Morgan fingerprint density at radius 3 is 2.86 bits per heavy atom. The third kappa shape index (κ3) is 4.62. The van der Waals surface area contributed by atoms with Gasteiger partial charge in [-0.3, -0.25) is 0 Å². The van der Waals surface area contributed by atoms with Gasteiger partial charge in [-0.2, -0.15) is 0 Å². The molecule has 1 aromatic rings. The number of likely N-dealkylation sites (tertiary alicyclic amines) is 1. The van der Waals surface area contributed by atoms with Gasteiger partial charge in [0.1, 0.15) is 11.7 Å². The van der Waals surface area contributed by atoms with Crippen LogP contribution in [0.5, 0.6) is 5.75 Å². The quantitative estimate of drug-likeness (QED) is 0.897. The van der Waals surface area contributed by atoms with Crippen molar-refractivity contribution in [2.24, 2.45) is 0 Å². The van der Waals surface area contributed by atoms with E-state index < -0.39 is 5.60 Å².